The molecule has 1 rings (SSSR count). The van der Waals surface area contributed by atoms with Gasteiger partial charge in [0.2, 0.25) is 12.4 Å². The molecule has 1 saturated heterocycles. The number of esters is 4. The van der Waals surface area contributed by atoms with E-state index in [0.29, 0.717) is 0 Å². The number of hydrogen-bond acceptors (Lipinski definition) is 11. The highest BCUT2D eigenvalue weighted by Gasteiger charge is 2.53. The lowest BCUT2D eigenvalue weighted by Crippen LogP contribution is -2.63. The van der Waals surface area contributed by atoms with Crippen LogP contribution in [0.2, 0.25) is 0 Å². The lowest BCUT2D eigenvalue weighted by Gasteiger charge is -2.44. The van der Waals surface area contributed by atoms with Gasteiger partial charge >= 0.3 is 23.9 Å². The van der Waals surface area contributed by atoms with Crippen LogP contribution in [0.5, 0.6) is 0 Å². The lowest BCUT2D eigenvalue weighted by molar-refractivity contribution is -0.292. The SMILES string of the molecule is CC(=O)OC[C@H]1O[C@@H](OC(=N)C(C)(C)C)[C@H](OC(C)=O)[C@@H](OC(C)=O)[C@@H]1OC(C)=O. The Morgan fingerprint density at radius 3 is 1.67 bits per heavy atom. The van der Waals surface area contributed by atoms with Crippen LogP contribution in [-0.4, -0.2) is 67.1 Å². The van der Waals surface area contributed by atoms with Crippen LogP contribution in [-0.2, 0) is 47.6 Å². The number of hydrogen-bond donors (Lipinski definition) is 1. The molecule has 11 nitrogen and oxygen atoms in total. The summed E-state index contributed by atoms with van der Waals surface area (Å²) in [6.07, 6.45) is -6.46. The summed E-state index contributed by atoms with van der Waals surface area (Å²) in [5, 5.41) is 8.13. The molecule has 0 bridgehead atoms. The fraction of sp³-hybridized carbons (Fsp3) is 0.737. The van der Waals surface area contributed by atoms with Crippen molar-refractivity contribution in [2.75, 3.05) is 6.61 Å². The van der Waals surface area contributed by atoms with E-state index in [1.165, 1.54) is 6.92 Å². The van der Waals surface area contributed by atoms with Gasteiger partial charge < -0.3 is 28.4 Å². The molecule has 1 fully saturated rings. The van der Waals surface area contributed by atoms with E-state index in [2.05, 4.69) is 0 Å². The highest BCUT2D eigenvalue weighted by Crippen LogP contribution is 2.31. The quantitative estimate of drug-likeness (QED) is 0.281. The van der Waals surface area contributed by atoms with Gasteiger partial charge in [0.25, 0.3) is 0 Å². The Balaban J connectivity index is 3.37. The molecular formula is C19H29NO10. The van der Waals surface area contributed by atoms with E-state index in [-0.39, 0.29) is 12.5 Å². The third kappa shape index (κ3) is 7.62. The topological polar surface area (TPSA) is 148 Å². The van der Waals surface area contributed by atoms with Crippen molar-refractivity contribution in [1.82, 2.24) is 0 Å². The van der Waals surface area contributed by atoms with E-state index in [1.807, 2.05) is 0 Å². The number of rotatable bonds is 6. The van der Waals surface area contributed by atoms with Crippen molar-refractivity contribution >= 4 is 29.8 Å². The highest BCUT2D eigenvalue weighted by atomic mass is 16.7. The minimum Gasteiger partial charge on any atom is -0.463 e. The Kier molecular flexibility index (Phi) is 8.76. The third-order valence-corrected chi connectivity index (χ3v) is 3.86. The first-order valence-corrected chi connectivity index (χ1v) is 9.28. The molecule has 1 aliphatic heterocycles. The minimum absolute atomic E-state index is 0.191. The second kappa shape index (κ2) is 10.4. The summed E-state index contributed by atoms with van der Waals surface area (Å²) in [4.78, 5) is 46.3. The molecule has 0 saturated carbocycles. The summed E-state index contributed by atoms with van der Waals surface area (Å²) in [5.74, 6) is -3.02. The molecule has 30 heavy (non-hydrogen) atoms. The van der Waals surface area contributed by atoms with Gasteiger partial charge in [0.1, 0.15) is 12.7 Å². The lowest BCUT2D eigenvalue weighted by atomic mass is 9.95. The van der Waals surface area contributed by atoms with E-state index < -0.39 is 60.0 Å². The molecule has 0 aromatic carbocycles. The maximum atomic E-state index is 11.7. The molecule has 1 heterocycles. The summed E-state index contributed by atoms with van der Waals surface area (Å²) in [5.41, 5.74) is -0.709. The predicted octanol–water partition coefficient (Wildman–Crippen LogP) is 1.11. The van der Waals surface area contributed by atoms with Crippen molar-refractivity contribution in [2.24, 2.45) is 5.41 Å². The van der Waals surface area contributed by atoms with E-state index in [4.69, 9.17) is 33.8 Å². The third-order valence-electron chi connectivity index (χ3n) is 3.86. The second-order valence-corrected chi connectivity index (χ2v) is 7.76. The van der Waals surface area contributed by atoms with E-state index >= 15 is 0 Å². The van der Waals surface area contributed by atoms with Crippen LogP contribution in [0.3, 0.4) is 0 Å². The zero-order chi connectivity index (χ0) is 23.2. The van der Waals surface area contributed by atoms with Gasteiger partial charge in [-0.2, -0.15) is 0 Å². The molecule has 1 N–H and O–H groups in total. The number of ether oxygens (including phenoxy) is 6. The van der Waals surface area contributed by atoms with Crippen LogP contribution >= 0.6 is 0 Å². The summed E-state index contributed by atoms with van der Waals surface area (Å²) in [6, 6.07) is 0. The number of carbonyl (C=O) groups is 4. The average molecular weight is 431 g/mol. The first kappa shape index (κ1) is 25.3. The summed E-state index contributed by atoms with van der Waals surface area (Å²) in [7, 11) is 0. The Hall–Kier alpha value is -2.69. The van der Waals surface area contributed by atoms with Crippen molar-refractivity contribution < 1.29 is 47.6 Å². The molecule has 0 spiro atoms. The first-order chi connectivity index (χ1) is 13.7. The molecule has 0 radical (unpaired) electrons. The summed E-state index contributed by atoms with van der Waals surface area (Å²) >= 11 is 0. The molecule has 0 unspecified atom stereocenters. The molecule has 11 heteroatoms. The molecule has 0 aliphatic carbocycles. The fourth-order valence-electron chi connectivity index (χ4n) is 2.58. The van der Waals surface area contributed by atoms with Crippen LogP contribution in [0.1, 0.15) is 48.5 Å². The largest absolute Gasteiger partial charge is 0.463 e. The highest BCUT2D eigenvalue weighted by molar-refractivity contribution is 5.78. The van der Waals surface area contributed by atoms with E-state index in [9.17, 15) is 19.2 Å². The molecule has 1 aliphatic rings. The maximum absolute atomic E-state index is 11.7. The van der Waals surface area contributed by atoms with Crippen LogP contribution in [0.25, 0.3) is 0 Å². The smallest absolute Gasteiger partial charge is 0.303 e. The summed E-state index contributed by atoms with van der Waals surface area (Å²) in [6.45, 7) is 9.37. The Bertz CT molecular complexity index is 683. The van der Waals surface area contributed by atoms with Gasteiger partial charge in [0.15, 0.2) is 18.1 Å². The Morgan fingerprint density at radius 2 is 1.23 bits per heavy atom. The van der Waals surface area contributed by atoms with Crippen LogP contribution in [0.4, 0.5) is 0 Å². The standard InChI is InChI=1S/C19H29NO10/c1-9(21)25-8-13-14(26-10(2)22)15(27-11(3)23)16(28-12(4)24)17(29-13)30-18(20)19(5,6)7/h13-17,20H,8H2,1-7H3/t13-,14-,15+,16-,17+/m1/s1. The minimum atomic E-state index is -1.39. The Morgan fingerprint density at radius 1 is 0.767 bits per heavy atom. The molecule has 170 valence electrons. The first-order valence-electron chi connectivity index (χ1n) is 9.28. The van der Waals surface area contributed by atoms with E-state index in [0.717, 1.165) is 20.8 Å². The van der Waals surface area contributed by atoms with Crippen molar-refractivity contribution in [2.45, 2.75) is 79.2 Å². The predicted molar refractivity (Wildman–Crippen MR) is 100 cm³/mol. The van der Waals surface area contributed by atoms with Crippen molar-refractivity contribution in [3.8, 4) is 0 Å². The maximum Gasteiger partial charge on any atom is 0.303 e. The van der Waals surface area contributed by atoms with Gasteiger partial charge in [-0.1, -0.05) is 20.8 Å². The van der Waals surface area contributed by atoms with Gasteiger partial charge in [-0.15, -0.1) is 0 Å². The van der Waals surface area contributed by atoms with Gasteiger partial charge in [-0.3, -0.25) is 24.6 Å². The molecule has 0 aromatic heterocycles. The summed E-state index contributed by atoms with van der Waals surface area (Å²) < 4.78 is 32.1. The zero-order valence-corrected chi connectivity index (χ0v) is 18.2. The van der Waals surface area contributed by atoms with Gasteiger partial charge in [0, 0.05) is 33.1 Å². The Labute approximate surface area is 174 Å². The second-order valence-electron chi connectivity index (χ2n) is 7.76. The van der Waals surface area contributed by atoms with Crippen molar-refractivity contribution in [3.05, 3.63) is 0 Å². The van der Waals surface area contributed by atoms with Gasteiger partial charge in [-0.05, 0) is 0 Å². The van der Waals surface area contributed by atoms with Crippen LogP contribution < -0.4 is 0 Å². The number of nitrogens with one attached hydrogen (secondary N) is 1. The van der Waals surface area contributed by atoms with Gasteiger partial charge in [-0.25, -0.2) is 0 Å². The normalized spacial score (nSPS) is 26.2. The number of carbonyl (C=O) groups excluding carboxylic acids is 4. The molecule has 0 amide bonds. The van der Waals surface area contributed by atoms with Crippen LogP contribution in [0.15, 0.2) is 0 Å². The van der Waals surface area contributed by atoms with Crippen molar-refractivity contribution in [3.63, 3.8) is 0 Å². The molecule has 0 aromatic rings. The zero-order valence-electron chi connectivity index (χ0n) is 18.2. The van der Waals surface area contributed by atoms with Crippen LogP contribution in [0, 0.1) is 10.8 Å². The molecular weight excluding hydrogens is 402 g/mol. The van der Waals surface area contributed by atoms with Crippen molar-refractivity contribution in [1.29, 1.82) is 5.41 Å². The monoisotopic (exact) mass is 431 g/mol. The average Bonchev–Trinajstić information content (AvgIpc) is 2.56. The molecule has 5 atom stereocenters. The fourth-order valence-corrected chi connectivity index (χ4v) is 2.58. The van der Waals surface area contributed by atoms with E-state index in [1.54, 1.807) is 20.8 Å². The van der Waals surface area contributed by atoms with Gasteiger partial charge in [0.05, 0.1) is 0 Å².